The van der Waals surface area contributed by atoms with Crippen LogP contribution in [-0.4, -0.2) is 34.0 Å². The first-order valence-corrected chi connectivity index (χ1v) is 9.42. The molecule has 1 fully saturated rings. The van der Waals surface area contributed by atoms with Gasteiger partial charge >= 0.3 is 0 Å². The fraction of sp³-hybridized carbons (Fsp3) is 0.550. The molecule has 1 aromatic heterocycles. The van der Waals surface area contributed by atoms with Crippen LogP contribution in [-0.2, 0) is 17.6 Å². The number of rotatable bonds is 4. The van der Waals surface area contributed by atoms with Crippen LogP contribution in [0.5, 0.6) is 0 Å². The molecule has 0 saturated carbocycles. The Morgan fingerprint density at radius 1 is 1.32 bits per heavy atom. The fourth-order valence-corrected chi connectivity index (χ4v) is 4.19. The Labute approximate surface area is 148 Å². The van der Waals surface area contributed by atoms with Crippen LogP contribution in [0.1, 0.15) is 67.3 Å². The van der Waals surface area contributed by atoms with E-state index >= 15 is 0 Å². The molecule has 0 radical (unpaired) electrons. The van der Waals surface area contributed by atoms with Gasteiger partial charge in [0, 0.05) is 31.8 Å². The second-order valence-corrected chi connectivity index (χ2v) is 7.22. The molecule has 25 heavy (non-hydrogen) atoms. The van der Waals surface area contributed by atoms with Crippen LogP contribution in [0.3, 0.4) is 0 Å². The van der Waals surface area contributed by atoms with E-state index in [1.807, 2.05) is 11.8 Å². The number of hydrogen-bond acceptors (Lipinski definition) is 4. The second-order valence-electron chi connectivity index (χ2n) is 7.22. The molecule has 2 aromatic rings. The Hall–Kier alpha value is -2.17. The molecule has 1 saturated heterocycles. The summed E-state index contributed by atoms with van der Waals surface area (Å²) in [5, 5.41) is 4.11. The van der Waals surface area contributed by atoms with Crippen molar-refractivity contribution in [1.82, 2.24) is 15.0 Å². The minimum atomic E-state index is 0.206. The van der Waals surface area contributed by atoms with Gasteiger partial charge in [-0.3, -0.25) is 4.79 Å². The van der Waals surface area contributed by atoms with Gasteiger partial charge in [-0.2, -0.15) is 4.98 Å². The third-order valence-electron chi connectivity index (χ3n) is 5.60. The maximum absolute atomic E-state index is 12.9. The number of piperidine rings is 1. The highest BCUT2D eigenvalue weighted by molar-refractivity contribution is 5.77. The Morgan fingerprint density at radius 3 is 3.04 bits per heavy atom. The molecule has 2 heterocycles. The van der Waals surface area contributed by atoms with Gasteiger partial charge in [-0.25, -0.2) is 0 Å². The van der Waals surface area contributed by atoms with Crippen LogP contribution in [0.25, 0.3) is 0 Å². The zero-order chi connectivity index (χ0) is 17.2. The van der Waals surface area contributed by atoms with Crippen molar-refractivity contribution in [2.45, 2.75) is 57.3 Å². The summed E-state index contributed by atoms with van der Waals surface area (Å²) in [7, 11) is 0. The van der Waals surface area contributed by atoms with Crippen molar-refractivity contribution in [1.29, 1.82) is 0 Å². The highest BCUT2D eigenvalue weighted by atomic mass is 16.5. The van der Waals surface area contributed by atoms with E-state index in [9.17, 15) is 4.79 Å². The van der Waals surface area contributed by atoms with Gasteiger partial charge in [0.25, 0.3) is 0 Å². The molecule has 0 unspecified atom stereocenters. The van der Waals surface area contributed by atoms with Crippen molar-refractivity contribution < 1.29 is 9.32 Å². The second kappa shape index (κ2) is 6.98. The van der Waals surface area contributed by atoms with Gasteiger partial charge in [0.15, 0.2) is 5.82 Å². The van der Waals surface area contributed by atoms with Crippen LogP contribution in [0.2, 0.25) is 0 Å². The van der Waals surface area contributed by atoms with Crippen molar-refractivity contribution >= 4 is 5.91 Å². The van der Waals surface area contributed by atoms with Crippen LogP contribution in [0.15, 0.2) is 28.8 Å². The van der Waals surface area contributed by atoms with Gasteiger partial charge in [0.2, 0.25) is 11.8 Å². The lowest BCUT2D eigenvalue weighted by atomic mass is 9.94. The summed E-state index contributed by atoms with van der Waals surface area (Å²) in [6.07, 6.45) is 5.60. The van der Waals surface area contributed by atoms with Crippen molar-refractivity contribution in [2.75, 3.05) is 13.1 Å². The molecule has 2 aliphatic rings. The highest BCUT2D eigenvalue weighted by Crippen LogP contribution is 2.36. The molecular formula is C20H25N3O2. The Bertz CT molecular complexity index is 755. The lowest BCUT2D eigenvalue weighted by molar-refractivity contribution is -0.132. The summed E-state index contributed by atoms with van der Waals surface area (Å²) in [5.41, 5.74) is 2.78. The van der Waals surface area contributed by atoms with Crippen molar-refractivity contribution in [2.24, 2.45) is 0 Å². The molecule has 5 heteroatoms. The zero-order valence-corrected chi connectivity index (χ0v) is 14.8. The maximum atomic E-state index is 12.9. The average Bonchev–Trinajstić information content (AvgIpc) is 3.29. The molecule has 0 N–H and O–H groups in total. The average molecular weight is 339 g/mol. The van der Waals surface area contributed by atoms with Gasteiger partial charge < -0.3 is 9.42 Å². The quantitative estimate of drug-likeness (QED) is 0.856. The molecule has 1 amide bonds. The third kappa shape index (κ3) is 3.32. The van der Waals surface area contributed by atoms with Gasteiger partial charge in [0.05, 0.1) is 0 Å². The number of carbonyl (C=O) groups excluding carboxylic acids is 1. The fourth-order valence-electron chi connectivity index (χ4n) is 4.19. The van der Waals surface area contributed by atoms with Gasteiger partial charge in [-0.15, -0.1) is 0 Å². The molecule has 132 valence electrons. The van der Waals surface area contributed by atoms with Gasteiger partial charge in [-0.05, 0) is 42.7 Å². The predicted molar refractivity (Wildman–Crippen MR) is 94.4 cm³/mol. The summed E-state index contributed by atoms with van der Waals surface area (Å²) in [4.78, 5) is 19.3. The molecule has 1 aliphatic carbocycles. The molecule has 0 bridgehead atoms. The summed E-state index contributed by atoms with van der Waals surface area (Å²) < 4.78 is 5.24. The number of aryl methyl sites for hydroxylation is 2. The Kier molecular flexibility index (Phi) is 4.55. The lowest BCUT2D eigenvalue weighted by Crippen LogP contribution is -2.39. The molecule has 2 atom stereocenters. The molecule has 5 nitrogen and oxygen atoms in total. The van der Waals surface area contributed by atoms with E-state index in [1.54, 1.807) is 0 Å². The normalized spacial score (nSPS) is 22.8. The number of likely N-dealkylation sites (tertiary alicyclic amines) is 1. The first kappa shape index (κ1) is 16.3. The SMILES string of the molecule is CCc1nc([C@H]2CCCN(C(=O)C[C@H]3CCc4ccccc43)C2)no1. The van der Waals surface area contributed by atoms with Gasteiger partial charge in [-0.1, -0.05) is 36.3 Å². The Balaban J connectivity index is 1.40. The largest absolute Gasteiger partial charge is 0.342 e. The van der Waals surface area contributed by atoms with Crippen LogP contribution >= 0.6 is 0 Å². The van der Waals surface area contributed by atoms with E-state index in [2.05, 4.69) is 34.4 Å². The number of benzene rings is 1. The Morgan fingerprint density at radius 2 is 2.20 bits per heavy atom. The van der Waals surface area contributed by atoms with E-state index in [4.69, 9.17) is 4.52 Å². The van der Waals surface area contributed by atoms with E-state index in [0.717, 1.165) is 51.0 Å². The number of nitrogens with zero attached hydrogens (tertiary/aromatic N) is 3. The van der Waals surface area contributed by atoms with E-state index in [-0.39, 0.29) is 11.8 Å². The van der Waals surface area contributed by atoms with Crippen LogP contribution in [0, 0.1) is 0 Å². The van der Waals surface area contributed by atoms with Gasteiger partial charge in [0.1, 0.15) is 0 Å². The summed E-state index contributed by atoms with van der Waals surface area (Å²) in [5.74, 6) is 2.30. The van der Waals surface area contributed by atoms with Crippen LogP contribution in [0.4, 0.5) is 0 Å². The first-order valence-electron chi connectivity index (χ1n) is 9.42. The maximum Gasteiger partial charge on any atom is 0.226 e. The summed E-state index contributed by atoms with van der Waals surface area (Å²) >= 11 is 0. The van der Waals surface area contributed by atoms with Crippen molar-refractivity contribution in [3.63, 3.8) is 0 Å². The minimum Gasteiger partial charge on any atom is -0.342 e. The lowest BCUT2D eigenvalue weighted by Gasteiger charge is -2.32. The minimum absolute atomic E-state index is 0.206. The standard InChI is InChI=1S/C20H25N3O2/c1-2-18-21-20(22-25-18)16-7-5-11-23(13-16)19(24)12-15-10-9-14-6-3-4-8-17(14)15/h3-4,6,8,15-16H,2,5,7,9-13H2,1H3/t15-,16+/m1/s1. The molecule has 4 rings (SSSR count). The summed E-state index contributed by atoms with van der Waals surface area (Å²) in [6.45, 7) is 3.57. The highest BCUT2D eigenvalue weighted by Gasteiger charge is 2.31. The molecule has 0 spiro atoms. The number of aromatic nitrogens is 2. The number of carbonyl (C=O) groups is 1. The smallest absolute Gasteiger partial charge is 0.226 e. The molecule has 1 aliphatic heterocycles. The molecular weight excluding hydrogens is 314 g/mol. The third-order valence-corrected chi connectivity index (χ3v) is 5.60. The van der Waals surface area contributed by atoms with Crippen molar-refractivity contribution in [3.05, 3.63) is 47.1 Å². The zero-order valence-electron chi connectivity index (χ0n) is 14.8. The number of amides is 1. The predicted octanol–water partition coefficient (Wildman–Crippen LogP) is 3.46. The molecule has 1 aromatic carbocycles. The first-order chi connectivity index (χ1) is 12.2. The van der Waals surface area contributed by atoms with E-state index in [1.165, 1.54) is 11.1 Å². The monoisotopic (exact) mass is 339 g/mol. The number of hydrogen-bond donors (Lipinski definition) is 0. The topological polar surface area (TPSA) is 59.2 Å². The van der Waals surface area contributed by atoms with Crippen LogP contribution < -0.4 is 0 Å². The number of fused-ring (bicyclic) bond motifs is 1. The van der Waals surface area contributed by atoms with Crippen molar-refractivity contribution in [3.8, 4) is 0 Å². The van der Waals surface area contributed by atoms with E-state index < -0.39 is 0 Å². The summed E-state index contributed by atoms with van der Waals surface area (Å²) in [6, 6.07) is 8.55. The van der Waals surface area contributed by atoms with E-state index in [0.29, 0.717) is 18.2 Å².